The Morgan fingerprint density at radius 3 is 2.90 bits per heavy atom. The molecule has 0 atom stereocenters. The fraction of sp³-hybridized carbons (Fsp3) is 0.167. The van der Waals surface area contributed by atoms with Gasteiger partial charge in [0.1, 0.15) is 5.82 Å². The molecular weight excluding hydrogens is 157 g/mol. The van der Waals surface area contributed by atoms with Crippen molar-refractivity contribution in [3.8, 4) is 5.75 Å². The Morgan fingerprint density at radius 2 is 2.40 bits per heavy atom. The number of aromatic nitrogens is 1. The van der Waals surface area contributed by atoms with Crippen LogP contribution in [0.2, 0.25) is 5.15 Å². The van der Waals surface area contributed by atoms with Crippen LogP contribution in [-0.4, -0.2) is 12.1 Å². The van der Waals surface area contributed by atoms with E-state index in [1.807, 2.05) is 0 Å². The monoisotopic (exact) mass is 161 g/mol. The Labute approximate surface area is 62.6 Å². The first kappa shape index (κ1) is 7.28. The van der Waals surface area contributed by atoms with Gasteiger partial charge in [0.05, 0.1) is 13.3 Å². The van der Waals surface area contributed by atoms with Crippen LogP contribution >= 0.6 is 11.6 Å². The Hall–Kier alpha value is -0.830. The van der Waals surface area contributed by atoms with Gasteiger partial charge in [0.15, 0.2) is 10.9 Å². The first-order valence-electron chi connectivity index (χ1n) is 2.59. The smallest absolute Gasteiger partial charge is 0.171 e. The van der Waals surface area contributed by atoms with Crippen molar-refractivity contribution >= 4 is 11.6 Å². The van der Waals surface area contributed by atoms with Crippen LogP contribution in [0.25, 0.3) is 0 Å². The lowest BCUT2D eigenvalue weighted by atomic mass is 10.4. The van der Waals surface area contributed by atoms with Crippen molar-refractivity contribution in [1.29, 1.82) is 0 Å². The summed E-state index contributed by atoms with van der Waals surface area (Å²) in [4.78, 5) is 3.51. The van der Waals surface area contributed by atoms with Gasteiger partial charge in [0, 0.05) is 6.07 Å². The molecule has 1 heterocycles. The molecule has 0 N–H and O–H groups in total. The number of methoxy groups -OCH3 is 1. The van der Waals surface area contributed by atoms with Gasteiger partial charge in [-0.1, -0.05) is 11.6 Å². The van der Waals surface area contributed by atoms with Crippen LogP contribution in [0.15, 0.2) is 12.3 Å². The van der Waals surface area contributed by atoms with Crippen molar-refractivity contribution in [3.63, 3.8) is 0 Å². The fourth-order valence-corrected chi connectivity index (χ4v) is 0.728. The molecule has 1 aromatic heterocycles. The molecule has 0 aliphatic carbocycles. The zero-order chi connectivity index (χ0) is 7.56. The number of hydrogen-bond acceptors (Lipinski definition) is 2. The molecule has 0 aliphatic heterocycles. The van der Waals surface area contributed by atoms with Gasteiger partial charge in [0.2, 0.25) is 0 Å². The summed E-state index contributed by atoms with van der Waals surface area (Å²) < 4.78 is 17.0. The van der Waals surface area contributed by atoms with Crippen LogP contribution in [0.1, 0.15) is 0 Å². The number of hydrogen-bond donors (Lipinski definition) is 0. The largest absolute Gasteiger partial charge is 0.493 e. The van der Waals surface area contributed by atoms with Gasteiger partial charge in [-0.3, -0.25) is 0 Å². The molecule has 0 bridgehead atoms. The Kier molecular flexibility index (Phi) is 2.06. The van der Waals surface area contributed by atoms with Crippen molar-refractivity contribution < 1.29 is 9.13 Å². The fourth-order valence-electron chi connectivity index (χ4n) is 0.547. The van der Waals surface area contributed by atoms with Crippen LogP contribution in [0, 0.1) is 5.82 Å². The Bertz CT molecular complexity index is 241. The minimum Gasteiger partial charge on any atom is -0.493 e. The van der Waals surface area contributed by atoms with Crippen LogP contribution in [0.4, 0.5) is 4.39 Å². The quantitative estimate of drug-likeness (QED) is 0.587. The maximum Gasteiger partial charge on any atom is 0.171 e. The average molecular weight is 162 g/mol. The molecule has 54 valence electrons. The molecule has 0 saturated heterocycles. The van der Waals surface area contributed by atoms with E-state index in [0.717, 1.165) is 6.20 Å². The molecule has 4 heteroatoms. The third-order valence-corrected chi connectivity index (χ3v) is 1.28. The molecule has 10 heavy (non-hydrogen) atoms. The molecule has 0 saturated carbocycles. The summed E-state index contributed by atoms with van der Waals surface area (Å²) in [6.45, 7) is 0. The number of nitrogens with zero attached hydrogens (tertiary/aromatic N) is 1. The predicted octanol–water partition coefficient (Wildman–Crippen LogP) is 1.88. The highest BCUT2D eigenvalue weighted by atomic mass is 35.5. The molecule has 0 spiro atoms. The molecule has 0 aromatic carbocycles. The number of pyridine rings is 1. The molecule has 1 rings (SSSR count). The second-order valence-corrected chi connectivity index (χ2v) is 2.00. The number of ether oxygens (including phenoxy) is 1. The maximum atomic E-state index is 12.3. The third-order valence-electron chi connectivity index (χ3n) is 0.993. The van der Waals surface area contributed by atoms with Gasteiger partial charge in [-0.25, -0.2) is 9.37 Å². The normalized spacial score (nSPS) is 9.50. The predicted molar refractivity (Wildman–Crippen MR) is 35.8 cm³/mol. The summed E-state index contributed by atoms with van der Waals surface area (Å²) in [5.41, 5.74) is 0. The molecule has 0 unspecified atom stereocenters. The number of halogens is 2. The van der Waals surface area contributed by atoms with E-state index >= 15 is 0 Å². The van der Waals surface area contributed by atoms with Crippen LogP contribution < -0.4 is 4.74 Å². The highest BCUT2D eigenvalue weighted by Gasteiger charge is 2.01. The maximum absolute atomic E-state index is 12.3. The van der Waals surface area contributed by atoms with Crippen molar-refractivity contribution in [3.05, 3.63) is 23.2 Å². The minimum atomic E-state index is -0.457. The van der Waals surface area contributed by atoms with Crippen molar-refractivity contribution in [2.24, 2.45) is 0 Å². The van der Waals surface area contributed by atoms with E-state index in [1.165, 1.54) is 13.2 Å². The summed E-state index contributed by atoms with van der Waals surface area (Å²) in [5, 5.41) is 0.170. The van der Waals surface area contributed by atoms with Crippen molar-refractivity contribution in [2.45, 2.75) is 0 Å². The lowest BCUT2D eigenvalue weighted by molar-refractivity contribution is 0.409. The van der Waals surface area contributed by atoms with Crippen LogP contribution in [0.5, 0.6) is 5.75 Å². The zero-order valence-electron chi connectivity index (χ0n) is 5.27. The zero-order valence-corrected chi connectivity index (χ0v) is 6.02. The van der Waals surface area contributed by atoms with E-state index in [2.05, 4.69) is 4.98 Å². The van der Waals surface area contributed by atoms with Crippen molar-refractivity contribution in [2.75, 3.05) is 7.11 Å². The molecule has 0 amide bonds. The molecule has 0 fully saturated rings. The van der Waals surface area contributed by atoms with Gasteiger partial charge in [-0.15, -0.1) is 0 Å². The molecular formula is C6H5ClFNO. The van der Waals surface area contributed by atoms with E-state index in [0.29, 0.717) is 0 Å². The summed E-state index contributed by atoms with van der Waals surface area (Å²) in [7, 11) is 1.41. The van der Waals surface area contributed by atoms with E-state index in [1.54, 1.807) is 0 Å². The van der Waals surface area contributed by atoms with Crippen LogP contribution in [0.3, 0.4) is 0 Å². The highest BCUT2D eigenvalue weighted by molar-refractivity contribution is 6.30. The lowest BCUT2D eigenvalue weighted by Crippen LogP contribution is -1.87. The van der Waals surface area contributed by atoms with E-state index < -0.39 is 5.82 Å². The van der Waals surface area contributed by atoms with Crippen LogP contribution in [-0.2, 0) is 0 Å². The summed E-state index contributed by atoms with van der Waals surface area (Å²) >= 11 is 5.49. The highest BCUT2D eigenvalue weighted by Crippen LogP contribution is 2.20. The molecule has 2 nitrogen and oxygen atoms in total. The second kappa shape index (κ2) is 2.84. The summed E-state index contributed by atoms with van der Waals surface area (Å²) in [5.74, 6) is -0.206. The average Bonchev–Trinajstić information content (AvgIpc) is 1.94. The summed E-state index contributed by atoms with van der Waals surface area (Å²) in [6, 6.07) is 1.18. The van der Waals surface area contributed by atoms with Gasteiger partial charge in [-0.2, -0.15) is 0 Å². The molecule has 0 radical (unpaired) electrons. The standard InChI is InChI=1S/C6H5ClFNO/c1-10-5-2-4(8)3-9-6(5)7/h2-3H,1H3. The second-order valence-electron chi connectivity index (χ2n) is 1.65. The van der Waals surface area contributed by atoms with Gasteiger partial charge >= 0.3 is 0 Å². The Morgan fingerprint density at radius 1 is 1.70 bits per heavy atom. The lowest BCUT2D eigenvalue weighted by Gasteiger charge is -1.99. The minimum absolute atomic E-state index is 0.170. The SMILES string of the molecule is COc1cc(F)cnc1Cl. The first-order chi connectivity index (χ1) is 4.74. The van der Waals surface area contributed by atoms with E-state index in [-0.39, 0.29) is 10.9 Å². The Balaban J connectivity index is 3.09. The third kappa shape index (κ3) is 1.36. The van der Waals surface area contributed by atoms with E-state index in [4.69, 9.17) is 16.3 Å². The van der Waals surface area contributed by atoms with Gasteiger partial charge in [-0.05, 0) is 0 Å². The topological polar surface area (TPSA) is 22.1 Å². The van der Waals surface area contributed by atoms with Crippen molar-refractivity contribution in [1.82, 2.24) is 4.98 Å². The van der Waals surface area contributed by atoms with E-state index in [9.17, 15) is 4.39 Å². The van der Waals surface area contributed by atoms with Gasteiger partial charge in [0.25, 0.3) is 0 Å². The number of rotatable bonds is 1. The van der Waals surface area contributed by atoms with Gasteiger partial charge < -0.3 is 4.74 Å². The summed E-state index contributed by atoms with van der Waals surface area (Å²) in [6.07, 6.45) is 1.03. The molecule has 0 aliphatic rings. The first-order valence-corrected chi connectivity index (χ1v) is 2.97. The molecule has 1 aromatic rings.